The quantitative estimate of drug-likeness (QED) is 0.415. The maximum atomic E-state index is 13.9. The Morgan fingerprint density at radius 2 is 1.75 bits per heavy atom. The lowest BCUT2D eigenvalue weighted by Gasteiger charge is -2.33. The lowest BCUT2D eigenvalue weighted by molar-refractivity contribution is -0.138. The summed E-state index contributed by atoms with van der Waals surface area (Å²) < 4.78 is 41.7. The van der Waals surface area contributed by atoms with E-state index in [9.17, 15) is 22.8 Å². The van der Waals surface area contributed by atoms with Crippen molar-refractivity contribution in [2.45, 2.75) is 19.6 Å². The minimum absolute atomic E-state index is 0.0459. The lowest BCUT2D eigenvalue weighted by Crippen LogP contribution is -2.44. The summed E-state index contributed by atoms with van der Waals surface area (Å²) in [6, 6.07) is 11.8. The van der Waals surface area contributed by atoms with Gasteiger partial charge in [0.15, 0.2) is 0 Å². The number of alkyl halides is 3. The molecule has 1 aliphatic heterocycles. The van der Waals surface area contributed by atoms with Crippen molar-refractivity contribution in [3.05, 3.63) is 82.5 Å². The van der Waals surface area contributed by atoms with Crippen LogP contribution in [0.25, 0.3) is 0 Å². The number of aromatic nitrogens is 1. The molecule has 3 aromatic rings. The summed E-state index contributed by atoms with van der Waals surface area (Å²) in [6.45, 7) is 4.53. The third kappa shape index (κ3) is 7.59. The van der Waals surface area contributed by atoms with Gasteiger partial charge in [-0.05, 0) is 49.0 Å². The molecule has 0 radical (unpaired) electrons. The number of carbonyl (C=O) groups excluding carboxylic acids is 2. The highest BCUT2D eigenvalue weighted by atomic mass is 19.4. The molecule has 11 heteroatoms. The summed E-state index contributed by atoms with van der Waals surface area (Å²) in [5, 5.41) is 5.17. The van der Waals surface area contributed by atoms with Crippen molar-refractivity contribution in [3.8, 4) is 11.8 Å². The molecule has 1 saturated heterocycles. The molecule has 0 atom stereocenters. The van der Waals surface area contributed by atoms with Crippen molar-refractivity contribution >= 4 is 29.0 Å². The number of likely N-dealkylation sites (N-methyl/N-ethyl adjacent to an activating group) is 1. The molecule has 40 heavy (non-hydrogen) atoms. The van der Waals surface area contributed by atoms with E-state index in [1.165, 1.54) is 31.3 Å². The van der Waals surface area contributed by atoms with Gasteiger partial charge in [-0.3, -0.25) is 14.5 Å². The number of piperazine rings is 1. The first-order valence-corrected chi connectivity index (χ1v) is 12.6. The molecule has 2 heterocycles. The standard InChI is InChI=1S/C29H29F3N6O2/c1-19(39)35-25-15-21(27(33)34-17-25)7-6-20-4-3-5-22(14-20)28(40)36-24-9-8-23(26(16-24)29(30,31)32)18-38-12-10-37(2)11-13-38/h3-5,8-9,14-17H,10-13,18H2,1-2H3,(H2,33,34)(H,35,39)(H,36,40). The third-order valence-corrected chi connectivity index (χ3v) is 6.37. The Kier molecular flexibility index (Phi) is 8.72. The Morgan fingerprint density at radius 1 is 1.00 bits per heavy atom. The number of halogens is 3. The number of amides is 2. The van der Waals surface area contributed by atoms with Crippen LogP contribution in [0, 0.1) is 11.8 Å². The number of hydrogen-bond donors (Lipinski definition) is 3. The van der Waals surface area contributed by atoms with Crippen LogP contribution in [0.5, 0.6) is 0 Å². The number of nitrogens with two attached hydrogens (primary N) is 1. The summed E-state index contributed by atoms with van der Waals surface area (Å²) in [6.07, 6.45) is -3.15. The van der Waals surface area contributed by atoms with Gasteiger partial charge in [0.05, 0.1) is 23.0 Å². The molecule has 4 N–H and O–H groups in total. The van der Waals surface area contributed by atoms with Crippen LogP contribution in [0.15, 0.2) is 54.7 Å². The Hall–Kier alpha value is -4.40. The zero-order chi connectivity index (χ0) is 28.9. The first kappa shape index (κ1) is 28.6. The number of rotatable bonds is 5. The number of nitrogen functional groups attached to an aromatic ring is 1. The maximum Gasteiger partial charge on any atom is 0.416 e. The highest BCUT2D eigenvalue weighted by Crippen LogP contribution is 2.34. The van der Waals surface area contributed by atoms with Crippen LogP contribution in [0.4, 0.5) is 30.4 Å². The molecule has 4 rings (SSSR count). The molecule has 0 bridgehead atoms. The monoisotopic (exact) mass is 550 g/mol. The highest BCUT2D eigenvalue weighted by Gasteiger charge is 2.34. The van der Waals surface area contributed by atoms with Gasteiger partial charge in [-0.1, -0.05) is 24.0 Å². The molecule has 208 valence electrons. The second-order valence-corrected chi connectivity index (χ2v) is 9.57. The summed E-state index contributed by atoms with van der Waals surface area (Å²) in [7, 11) is 1.99. The van der Waals surface area contributed by atoms with Gasteiger partial charge in [0.2, 0.25) is 5.91 Å². The zero-order valence-electron chi connectivity index (χ0n) is 22.1. The molecule has 0 unspecified atom stereocenters. The average Bonchev–Trinajstić information content (AvgIpc) is 2.90. The first-order chi connectivity index (χ1) is 19.0. The summed E-state index contributed by atoms with van der Waals surface area (Å²) in [5.41, 5.74) is 6.86. The van der Waals surface area contributed by atoms with Gasteiger partial charge >= 0.3 is 6.18 Å². The second kappa shape index (κ2) is 12.2. The molecular weight excluding hydrogens is 521 g/mol. The van der Waals surface area contributed by atoms with E-state index in [4.69, 9.17) is 5.73 Å². The van der Waals surface area contributed by atoms with Crippen molar-refractivity contribution in [1.82, 2.24) is 14.8 Å². The number of pyridine rings is 1. The van der Waals surface area contributed by atoms with Crippen LogP contribution in [0.3, 0.4) is 0 Å². The number of nitrogens with one attached hydrogen (secondary N) is 2. The maximum absolute atomic E-state index is 13.9. The molecule has 0 spiro atoms. The van der Waals surface area contributed by atoms with E-state index in [1.54, 1.807) is 24.3 Å². The van der Waals surface area contributed by atoms with E-state index in [0.29, 0.717) is 29.9 Å². The minimum Gasteiger partial charge on any atom is -0.383 e. The second-order valence-electron chi connectivity index (χ2n) is 9.57. The van der Waals surface area contributed by atoms with E-state index in [1.807, 2.05) is 11.9 Å². The molecule has 1 fully saturated rings. The van der Waals surface area contributed by atoms with Crippen LogP contribution in [0.1, 0.15) is 39.5 Å². The zero-order valence-corrected chi connectivity index (χ0v) is 22.1. The minimum atomic E-state index is -4.56. The number of hydrogen-bond acceptors (Lipinski definition) is 6. The number of anilines is 3. The third-order valence-electron chi connectivity index (χ3n) is 6.37. The molecule has 2 aromatic carbocycles. The lowest BCUT2D eigenvalue weighted by atomic mass is 10.0. The molecule has 8 nitrogen and oxygen atoms in total. The van der Waals surface area contributed by atoms with Gasteiger partial charge in [0.1, 0.15) is 5.82 Å². The molecule has 1 aliphatic rings. The van der Waals surface area contributed by atoms with Crippen molar-refractivity contribution in [1.29, 1.82) is 0 Å². The molecule has 1 aromatic heterocycles. The average molecular weight is 551 g/mol. The van der Waals surface area contributed by atoms with E-state index in [2.05, 4.69) is 32.4 Å². The van der Waals surface area contributed by atoms with Crippen LogP contribution in [-0.4, -0.2) is 59.8 Å². The molecule has 0 saturated carbocycles. The van der Waals surface area contributed by atoms with Crippen LogP contribution >= 0.6 is 0 Å². The predicted octanol–water partition coefficient (Wildman–Crippen LogP) is 4.04. The van der Waals surface area contributed by atoms with Crippen molar-refractivity contribution in [3.63, 3.8) is 0 Å². The van der Waals surface area contributed by atoms with E-state index in [0.717, 1.165) is 19.2 Å². The van der Waals surface area contributed by atoms with Gasteiger partial charge < -0.3 is 21.3 Å². The Labute approximate surface area is 230 Å². The summed E-state index contributed by atoms with van der Waals surface area (Å²) in [5.74, 6) is 5.11. The van der Waals surface area contributed by atoms with Crippen LogP contribution in [0.2, 0.25) is 0 Å². The number of benzene rings is 2. The number of carbonyl (C=O) groups is 2. The van der Waals surface area contributed by atoms with Crippen LogP contribution < -0.4 is 16.4 Å². The van der Waals surface area contributed by atoms with E-state index < -0.39 is 17.6 Å². The Bertz CT molecular complexity index is 1470. The number of nitrogens with zero attached hydrogens (tertiary/aromatic N) is 3. The smallest absolute Gasteiger partial charge is 0.383 e. The molecular formula is C29H29F3N6O2. The van der Waals surface area contributed by atoms with Crippen molar-refractivity contribution in [2.75, 3.05) is 49.6 Å². The van der Waals surface area contributed by atoms with Crippen LogP contribution in [-0.2, 0) is 17.5 Å². The highest BCUT2D eigenvalue weighted by molar-refractivity contribution is 6.04. The van der Waals surface area contributed by atoms with Gasteiger partial charge in [-0.15, -0.1) is 0 Å². The fourth-order valence-corrected chi connectivity index (χ4v) is 4.23. The van der Waals surface area contributed by atoms with Crippen molar-refractivity contribution < 1.29 is 22.8 Å². The predicted molar refractivity (Wildman–Crippen MR) is 148 cm³/mol. The topological polar surface area (TPSA) is 104 Å². The summed E-state index contributed by atoms with van der Waals surface area (Å²) in [4.78, 5) is 32.4. The normalized spacial score (nSPS) is 14.2. The largest absolute Gasteiger partial charge is 0.416 e. The van der Waals surface area contributed by atoms with Gasteiger partial charge in [0, 0.05) is 56.5 Å². The summed E-state index contributed by atoms with van der Waals surface area (Å²) >= 11 is 0. The Balaban J connectivity index is 1.50. The molecule has 0 aliphatic carbocycles. The van der Waals surface area contributed by atoms with E-state index >= 15 is 0 Å². The van der Waals surface area contributed by atoms with Gasteiger partial charge in [-0.2, -0.15) is 13.2 Å². The SMILES string of the molecule is CC(=O)Nc1cnc(N)c(C#Cc2cccc(C(=O)Nc3ccc(CN4CCN(C)CC4)c(C(F)(F)F)c3)c2)c1. The molecule has 2 amide bonds. The van der Waals surface area contributed by atoms with E-state index in [-0.39, 0.29) is 35.1 Å². The Morgan fingerprint density at radius 3 is 2.45 bits per heavy atom. The van der Waals surface area contributed by atoms with Crippen molar-refractivity contribution in [2.24, 2.45) is 0 Å². The van der Waals surface area contributed by atoms with Gasteiger partial charge in [-0.25, -0.2) is 4.98 Å². The fourth-order valence-electron chi connectivity index (χ4n) is 4.23. The van der Waals surface area contributed by atoms with Gasteiger partial charge in [0.25, 0.3) is 5.91 Å². The first-order valence-electron chi connectivity index (χ1n) is 12.6. The fraction of sp³-hybridized carbons (Fsp3) is 0.276.